The van der Waals surface area contributed by atoms with Gasteiger partial charge in [0.25, 0.3) is 0 Å². The third kappa shape index (κ3) is 11.4. The third-order valence-corrected chi connectivity index (χ3v) is 7.96. The molecular weight excluding hydrogens is 682 g/mol. The average Bonchev–Trinajstić information content (AvgIpc) is 3.12. The van der Waals surface area contributed by atoms with Gasteiger partial charge in [0.05, 0.1) is 48.7 Å². The monoisotopic (exact) mass is 722 g/mol. The zero-order valence-electron chi connectivity index (χ0n) is 29.3. The van der Waals surface area contributed by atoms with Gasteiger partial charge in [0.15, 0.2) is 23.1 Å². The maximum Gasteiger partial charge on any atom is 0.201 e. The molecule has 274 valence electrons. The highest BCUT2D eigenvalue weighted by molar-refractivity contribution is 5.48. The van der Waals surface area contributed by atoms with Gasteiger partial charge in [-0.15, -0.1) is 0 Å². The van der Waals surface area contributed by atoms with E-state index in [1.807, 2.05) is 0 Å². The van der Waals surface area contributed by atoms with Gasteiger partial charge in [-0.1, -0.05) is 43.4 Å². The Morgan fingerprint density at radius 3 is 1.25 bits per heavy atom. The molecule has 0 saturated heterocycles. The molecule has 0 aromatic heterocycles. The standard InChI is InChI=1S/C42H40F6O4/c1-4-49-37-22-18-31(39(45)41(37)47)14-12-29-16-20-33(26-35(29)43)51-24-8-6-10-28(3)11-7-9-25-52-34-21-17-30(36(44)27-34)13-15-32-19-23-38(50-5-2)42(48)40(32)46/h16-23,26-28H,4-11,24-25H2,1-3H3. The number of hydrogen-bond acceptors (Lipinski definition) is 4. The molecule has 0 radical (unpaired) electrons. The number of rotatable bonds is 16. The second kappa shape index (κ2) is 20.0. The molecular formula is C42H40F6O4. The van der Waals surface area contributed by atoms with Crippen LogP contribution < -0.4 is 18.9 Å². The smallest absolute Gasteiger partial charge is 0.201 e. The maximum atomic E-state index is 14.6. The van der Waals surface area contributed by atoms with Gasteiger partial charge in [-0.3, -0.25) is 0 Å². The Labute approximate surface area is 301 Å². The Hall–Kier alpha value is -5.22. The molecule has 52 heavy (non-hydrogen) atoms. The lowest BCUT2D eigenvalue weighted by molar-refractivity contribution is 0.289. The van der Waals surface area contributed by atoms with Crippen LogP contribution in [0.2, 0.25) is 0 Å². The van der Waals surface area contributed by atoms with Crippen LogP contribution >= 0.6 is 0 Å². The zero-order chi connectivity index (χ0) is 37.5. The number of halogens is 6. The Morgan fingerprint density at radius 1 is 0.481 bits per heavy atom. The number of hydrogen-bond donors (Lipinski definition) is 0. The van der Waals surface area contributed by atoms with Gasteiger partial charge in [-0.25, -0.2) is 17.6 Å². The molecule has 0 aliphatic heterocycles. The van der Waals surface area contributed by atoms with Crippen LogP contribution in [0.3, 0.4) is 0 Å². The molecule has 0 amide bonds. The van der Waals surface area contributed by atoms with Gasteiger partial charge in [0.1, 0.15) is 23.1 Å². The van der Waals surface area contributed by atoms with E-state index in [0.717, 1.165) is 38.5 Å². The van der Waals surface area contributed by atoms with Gasteiger partial charge in [-0.05, 0) is 94.0 Å². The molecule has 4 rings (SSSR count). The highest BCUT2D eigenvalue weighted by atomic mass is 19.2. The lowest BCUT2D eigenvalue weighted by Crippen LogP contribution is -2.02. The van der Waals surface area contributed by atoms with Crippen LogP contribution in [0.15, 0.2) is 60.7 Å². The van der Waals surface area contributed by atoms with Crippen LogP contribution in [-0.2, 0) is 0 Å². The molecule has 4 aromatic rings. The normalized spacial score (nSPS) is 10.7. The average molecular weight is 723 g/mol. The minimum Gasteiger partial charge on any atom is -0.493 e. The van der Waals surface area contributed by atoms with Crippen molar-refractivity contribution in [3.63, 3.8) is 0 Å². The van der Waals surface area contributed by atoms with E-state index >= 15 is 0 Å². The Balaban J connectivity index is 1.11. The Bertz CT molecular complexity index is 1800. The fourth-order valence-corrected chi connectivity index (χ4v) is 5.15. The van der Waals surface area contributed by atoms with E-state index in [4.69, 9.17) is 18.9 Å². The van der Waals surface area contributed by atoms with E-state index in [2.05, 4.69) is 30.6 Å². The first-order valence-corrected chi connectivity index (χ1v) is 17.2. The molecule has 0 saturated carbocycles. The lowest BCUT2D eigenvalue weighted by atomic mass is 9.98. The van der Waals surface area contributed by atoms with Gasteiger partial charge < -0.3 is 18.9 Å². The molecule has 4 nitrogen and oxygen atoms in total. The van der Waals surface area contributed by atoms with Crippen molar-refractivity contribution < 1.29 is 45.3 Å². The summed E-state index contributed by atoms with van der Waals surface area (Å²) in [7, 11) is 0. The van der Waals surface area contributed by atoms with Crippen LogP contribution in [0.1, 0.15) is 81.5 Å². The van der Waals surface area contributed by atoms with Crippen molar-refractivity contribution in [2.45, 2.75) is 59.3 Å². The fourth-order valence-electron chi connectivity index (χ4n) is 5.15. The topological polar surface area (TPSA) is 36.9 Å². The second-order valence-corrected chi connectivity index (χ2v) is 11.9. The first-order chi connectivity index (χ1) is 25.1. The molecule has 0 bridgehead atoms. The summed E-state index contributed by atoms with van der Waals surface area (Å²) in [5.74, 6) is 4.98. The van der Waals surface area contributed by atoms with E-state index in [9.17, 15) is 26.3 Å². The first kappa shape index (κ1) is 39.6. The fraction of sp³-hybridized carbons (Fsp3) is 0.333. The minimum absolute atomic E-state index is 0.0330. The zero-order valence-corrected chi connectivity index (χ0v) is 29.3. The maximum absolute atomic E-state index is 14.6. The van der Waals surface area contributed by atoms with Gasteiger partial charge >= 0.3 is 0 Å². The second-order valence-electron chi connectivity index (χ2n) is 11.9. The number of benzene rings is 4. The molecule has 4 aromatic carbocycles. The molecule has 0 unspecified atom stereocenters. The van der Waals surface area contributed by atoms with Crippen molar-refractivity contribution in [1.29, 1.82) is 0 Å². The SMILES string of the molecule is CCOc1ccc(C#Cc2ccc(OCCCCC(C)CCCCOc3ccc(C#Cc4ccc(OCC)c(F)c4F)c(F)c3)cc2F)c(F)c1F. The van der Waals surface area contributed by atoms with Gasteiger partial charge in [-0.2, -0.15) is 8.78 Å². The molecule has 0 fully saturated rings. The molecule has 10 heteroatoms. The summed E-state index contributed by atoms with van der Waals surface area (Å²) >= 11 is 0. The molecule has 0 aliphatic rings. The summed E-state index contributed by atoms with van der Waals surface area (Å²) in [5, 5.41) is 0. The van der Waals surface area contributed by atoms with Crippen molar-refractivity contribution in [2.75, 3.05) is 26.4 Å². The molecule has 0 N–H and O–H groups in total. The summed E-state index contributed by atoms with van der Waals surface area (Å²) in [5.41, 5.74) is -0.336. The van der Waals surface area contributed by atoms with Crippen molar-refractivity contribution in [2.24, 2.45) is 5.92 Å². The third-order valence-electron chi connectivity index (χ3n) is 7.96. The van der Waals surface area contributed by atoms with Crippen LogP contribution in [-0.4, -0.2) is 26.4 Å². The summed E-state index contributed by atoms with van der Waals surface area (Å²) in [4.78, 5) is 0. The van der Waals surface area contributed by atoms with Crippen molar-refractivity contribution in [3.05, 3.63) is 118 Å². The van der Waals surface area contributed by atoms with E-state index in [1.54, 1.807) is 26.0 Å². The Morgan fingerprint density at radius 2 is 0.865 bits per heavy atom. The first-order valence-electron chi connectivity index (χ1n) is 17.2. The summed E-state index contributed by atoms with van der Waals surface area (Å²) in [6.45, 7) is 6.70. The largest absolute Gasteiger partial charge is 0.493 e. The van der Waals surface area contributed by atoms with Crippen molar-refractivity contribution in [1.82, 2.24) is 0 Å². The lowest BCUT2D eigenvalue weighted by Gasteiger charge is -2.12. The predicted molar refractivity (Wildman–Crippen MR) is 188 cm³/mol. The van der Waals surface area contributed by atoms with E-state index in [0.29, 0.717) is 30.6 Å². The Kier molecular flexibility index (Phi) is 15.2. The molecule has 0 heterocycles. The minimum atomic E-state index is -1.15. The highest BCUT2D eigenvalue weighted by Gasteiger charge is 2.15. The summed E-state index contributed by atoms with van der Waals surface area (Å²) in [6.07, 6.45) is 5.44. The van der Waals surface area contributed by atoms with E-state index in [1.165, 1.54) is 48.5 Å². The van der Waals surface area contributed by atoms with Gasteiger partial charge in [0.2, 0.25) is 11.6 Å². The predicted octanol–water partition coefficient (Wildman–Crippen LogP) is 10.6. The highest BCUT2D eigenvalue weighted by Crippen LogP contribution is 2.25. The van der Waals surface area contributed by atoms with Crippen LogP contribution in [0.4, 0.5) is 26.3 Å². The van der Waals surface area contributed by atoms with Gasteiger partial charge in [0, 0.05) is 12.1 Å². The summed E-state index contributed by atoms with van der Waals surface area (Å²) in [6, 6.07) is 13.6. The molecule has 0 aliphatic carbocycles. The van der Waals surface area contributed by atoms with Crippen LogP contribution in [0, 0.1) is 64.5 Å². The van der Waals surface area contributed by atoms with Crippen LogP contribution in [0.5, 0.6) is 23.0 Å². The van der Waals surface area contributed by atoms with E-state index < -0.39 is 34.9 Å². The molecule has 0 atom stereocenters. The molecule has 0 spiro atoms. The number of unbranched alkanes of at least 4 members (excludes halogenated alkanes) is 2. The summed E-state index contributed by atoms with van der Waals surface area (Å²) < 4.78 is 107. The van der Waals surface area contributed by atoms with E-state index in [-0.39, 0.29) is 47.0 Å². The van der Waals surface area contributed by atoms with Crippen molar-refractivity contribution >= 4 is 0 Å². The van der Waals surface area contributed by atoms with Crippen molar-refractivity contribution in [3.8, 4) is 46.7 Å². The number of ether oxygens (including phenoxy) is 4. The van der Waals surface area contributed by atoms with Crippen LogP contribution in [0.25, 0.3) is 0 Å². The quantitative estimate of drug-likeness (QED) is 0.0656.